The third-order valence-electron chi connectivity index (χ3n) is 3.03. The van der Waals surface area contributed by atoms with Gasteiger partial charge in [0.25, 0.3) is 0 Å². The van der Waals surface area contributed by atoms with E-state index in [4.69, 9.17) is 21.7 Å². The van der Waals surface area contributed by atoms with Crippen molar-refractivity contribution in [1.82, 2.24) is 10.6 Å². The first-order valence-electron chi connectivity index (χ1n) is 6.09. The summed E-state index contributed by atoms with van der Waals surface area (Å²) in [6.45, 7) is 3.42. The molecule has 0 saturated carbocycles. The van der Waals surface area contributed by atoms with E-state index in [9.17, 15) is 0 Å². The predicted octanol–water partition coefficient (Wildman–Crippen LogP) is 0.808. The van der Waals surface area contributed by atoms with E-state index in [1.54, 1.807) is 0 Å². The van der Waals surface area contributed by atoms with E-state index >= 15 is 0 Å². The minimum absolute atomic E-state index is 0.336. The zero-order valence-corrected chi connectivity index (χ0v) is 10.4. The van der Waals surface area contributed by atoms with Gasteiger partial charge in [0.05, 0.1) is 12.2 Å². The van der Waals surface area contributed by atoms with Gasteiger partial charge < -0.3 is 20.1 Å². The van der Waals surface area contributed by atoms with E-state index in [1.165, 1.54) is 12.8 Å². The molecule has 16 heavy (non-hydrogen) atoms. The van der Waals surface area contributed by atoms with Gasteiger partial charge in [-0.1, -0.05) is 0 Å². The molecule has 0 bridgehead atoms. The Morgan fingerprint density at radius 3 is 1.88 bits per heavy atom. The van der Waals surface area contributed by atoms with Crippen molar-refractivity contribution in [3.8, 4) is 0 Å². The summed E-state index contributed by atoms with van der Waals surface area (Å²) in [6, 6.07) is 0. The molecule has 0 aromatic rings. The Morgan fingerprint density at radius 1 is 1.00 bits per heavy atom. The van der Waals surface area contributed by atoms with E-state index in [0.29, 0.717) is 17.3 Å². The largest absolute Gasteiger partial charge is 0.376 e. The van der Waals surface area contributed by atoms with Crippen molar-refractivity contribution in [3.63, 3.8) is 0 Å². The Hall–Kier alpha value is -0.390. The molecule has 2 aliphatic rings. The van der Waals surface area contributed by atoms with Crippen LogP contribution in [-0.4, -0.2) is 43.6 Å². The van der Waals surface area contributed by atoms with E-state index in [1.807, 2.05) is 0 Å². The Labute approximate surface area is 102 Å². The van der Waals surface area contributed by atoms with Crippen LogP contribution in [0.1, 0.15) is 25.7 Å². The summed E-state index contributed by atoms with van der Waals surface area (Å²) in [5.74, 6) is 0. The van der Waals surface area contributed by atoms with Crippen LogP contribution < -0.4 is 10.6 Å². The fourth-order valence-electron chi connectivity index (χ4n) is 2.09. The molecule has 5 heteroatoms. The summed E-state index contributed by atoms with van der Waals surface area (Å²) in [4.78, 5) is 0. The monoisotopic (exact) mass is 244 g/mol. The molecule has 2 N–H and O–H groups in total. The van der Waals surface area contributed by atoms with Crippen LogP contribution in [0.2, 0.25) is 0 Å². The first kappa shape index (κ1) is 12.1. The molecule has 4 nitrogen and oxygen atoms in total. The molecule has 92 valence electrons. The van der Waals surface area contributed by atoms with Crippen molar-refractivity contribution in [3.05, 3.63) is 0 Å². The lowest BCUT2D eigenvalue weighted by molar-refractivity contribution is 0.111. The SMILES string of the molecule is S=C(NC[C@H]1CCCO1)NC[C@@H]1CCCO1. The highest BCUT2D eigenvalue weighted by Crippen LogP contribution is 2.11. The minimum atomic E-state index is 0.336. The second-order valence-electron chi connectivity index (χ2n) is 4.36. The summed E-state index contributed by atoms with van der Waals surface area (Å²) >= 11 is 5.19. The smallest absolute Gasteiger partial charge is 0.166 e. The third kappa shape index (κ3) is 3.88. The molecule has 2 aliphatic heterocycles. The van der Waals surface area contributed by atoms with Gasteiger partial charge in [0.2, 0.25) is 0 Å². The van der Waals surface area contributed by atoms with Gasteiger partial charge in [-0.15, -0.1) is 0 Å². The zero-order valence-electron chi connectivity index (χ0n) is 9.54. The lowest BCUT2D eigenvalue weighted by atomic mass is 10.2. The first-order chi connectivity index (χ1) is 7.84. The summed E-state index contributed by atoms with van der Waals surface area (Å²) < 4.78 is 11.0. The molecule has 0 unspecified atom stereocenters. The highest BCUT2D eigenvalue weighted by Gasteiger charge is 2.17. The van der Waals surface area contributed by atoms with Gasteiger partial charge in [0.1, 0.15) is 0 Å². The van der Waals surface area contributed by atoms with Crippen LogP contribution in [0, 0.1) is 0 Å². The van der Waals surface area contributed by atoms with Gasteiger partial charge in [-0.05, 0) is 37.9 Å². The van der Waals surface area contributed by atoms with Gasteiger partial charge in [0, 0.05) is 26.3 Å². The van der Waals surface area contributed by atoms with Crippen LogP contribution in [0.4, 0.5) is 0 Å². The standard InChI is InChI=1S/C11H20N2O2S/c16-11(12-7-9-3-1-5-14-9)13-8-10-4-2-6-15-10/h9-10H,1-8H2,(H2,12,13,16)/t9-,10+. The van der Waals surface area contributed by atoms with Gasteiger partial charge in [0.15, 0.2) is 5.11 Å². The Kier molecular flexibility index (Phi) is 4.81. The molecule has 0 aliphatic carbocycles. The Bertz CT molecular complexity index is 204. The molecule has 2 heterocycles. The van der Waals surface area contributed by atoms with Crippen LogP contribution in [0.25, 0.3) is 0 Å². The average molecular weight is 244 g/mol. The third-order valence-corrected chi connectivity index (χ3v) is 3.32. The fraction of sp³-hybridized carbons (Fsp3) is 0.909. The van der Waals surface area contributed by atoms with E-state index in [0.717, 1.165) is 39.1 Å². The van der Waals surface area contributed by atoms with Crippen molar-refractivity contribution in [2.45, 2.75) is 37.9 Å². The van der Waals surface area contributed by atoms with Crippen molar-refractivity contribution in [1.29, 1.82) is 0 Å². The summed E-state index contributed by atoms with van der Waals surface area (Å²) in [6.07, 6.45) is 5.29. The van der Waals surface area contributed by atoms with Crippen molar-refractivity contribution in [2.24, 2.45) is 0 Å². The van der Waals surface area contributed by atoms with E-state index in [2.05, 4.69) is 10.6 Å². The molecule has 0 amide bonds. The second-order valence-corrected chi connectivity index (χ2v) is 4.77. The van der Waals surface area contributed by atoms with Gasteiger partial charge in [-0.3, -0.25) is 0 Å². The number of hydrogen-bond donors (Lipinski definition) is 2. The Morgan fingerprint density at radius 2 is 1.50 bits per heavy atom. The quantitative estimate of drug-likeness (QED) is 0.716. The molecule has 0 spiro atoms. The number of hydrogen-bond acceptors (Lipinski definition) is 3. The van der Waals surface area contributed by atoms with Gasteiger partial charge >= 0.3 is 0 Å². The highest BCUT2D eigenvalue weighted by atomic mass is 32.1. The highest BCUT2D eigenvalue weighted by molar-refractivity contribution is 7.80. The van der Waals surface area contributed by atoms with Crippen LogP contribution in [0.15, 0.2) is 0 Å². The fourth-order valence-corrected chi connectivity index (χ4v) is 2.25. The number of ether oxygens (including phenoxy) is 2. The topological polar surface area (TPSA) is 42.5 Å². The molecule has 2 rings (SSSR count). The number of nitrogens with one attached hydrogen (secondary N) is 2. The zero-order chi connectivity index (χ0) is 11.2. The van der Waals surface area contributed by atoms with E-state index in [-0.39, 0.29) is 0 Å². The van der Waals surface area contributed by atoms with Gasteiger partial charge in [-0.2, -0.15) is 0 Å². The van der Waals surface area contributed by atoms with Crippen molar-refractivity contribution in [2.75, 3.05) is 26.3 Å². The molecule has 0 aromatic carbocycles. The first-order valence-corrected chi connectivity index (χ1v) is 6.50. The molecule has 2 saturated heterocycles. The maximum absolute atomic E-state index is 5.51. The normalized spacial score (nSPS) is 29.2. The maximum Gasteiger partial charge on any atom is 0.166 e. The molecule has 2 fully saturated rings. The van der Waals surface area contributed by atoms with Crippen LogP contribution in [-0.2, 0) is 9.47 Å². The molecular weight excluding hydrogens is 224 g/mol. The van der Waals surface area contributed by atoms with Crippen LogP contribution in [0.5, 0.6) is 0 Å². The second kappa shape index (κ2) is 6.37. The summed E-state index contributed by atoms with van der Waals surface area (Å²) in [5.41, 5.74) is 0. The summed E-state index contributed by atoms with van der Waals surface area (Å²) in [5, 5.41) is 7.09. The molecule has 0 radical (unpaired) electrons. The van der Waals surface area contributed by atoms with Crippen LogP contribution >= 0.6 is 12.2 Å². The molecular formula is C11H20N2O2S. The number of thiocarbonyl (C=S) groups is 1. The summed E-state index contributed by atoms with van der Waals surface area (Å²) in [7, 11) is 0. The maximum atomic E-state index is 5.51. The lowest BCUT2D eigenvalue weighted by Gasteiger charge is -2.16. The molecule has 0 aromatic heterocycles. The lowest BCUT2D eigenvalue weighted by Crippen LogP contribution is -2.42. The minimum Gasteiger partial charge on any atom is -0.376 e. The van der Waals surface area contributed by atoms with Crippen molar-refractivity contribution < 1.29 is 9.47 Å². The molecule has 2 atom stereocenters. The van der Waals surface area contributed by atoms with Crippen molar-refractivity contribution >= 4 is 17.3 Å². The van der Waals surface area contributed by atoms with E-state index < -0.39 is 0 Å². The van der Waals surface area contributed by atoms with Crippen LogP contribution in [0.3, 0.4) is 0 Å². The predicted molar refractivity (Wildman–Crippen MR) is 66.6 cm³/mol. The Balaban J connectivity index is 1.53. The average Bonchev–Trinajstić information content (AvgIpc) is 2.96. The number of rotatable bonds is 4. The van der Waals surface area contributed by atoms with Gasteiger partial charge in [-0.25, -0.2) is 0 Å².